The second-order valence-electron chi connectivity index (χ2n) is 5.97. The first-order chi connectivity index (χ1) is 13.2. The first-order valence-corrected chi connectivity index (χ1v) is 8.67. The second-order valence-corrected chi connectivity index (χ2v) is 5.97. The highest BCUT2D eigenvalue weighted by Crippen LogP contribution is 2.06. The lowest BCUT2D eigenvalue weighted by Gasteiger charge is -1.96. The van der Waals surface area contributed by atoms with Crippen LogP contribution in [-0.2, 0) is 0 Å². The summed E-state index contributed by atoms with van der Waals surface area (Å²) in [4.78, 5) is 3.30. The summed E-state index contributed by atoms with van der Waals surface area (Å²) in [6, 6.07) is 23.7. The van der Waals surface area contributed by atoms with Crippen LogP contribution in [0.4, 0.5) is 0 Å². The van der Waals surface area contributed by atoms with Crippen LogP contribution >= 0.6 is 0 Å². The van der Waals surface area contributed by atoms with Crippen LogP contribution in [0.15, 0.2) is 93.2 Å². The largest absolute Gasteiger partial charge is 0.352 e. The molecule has 0 aliphatic carbocycles. The Morgan fingerprint density at radius 1 is 0.630 bits per heavy atom. The van der Waals surface area contributed by atoms with E-state index in [0.717, 1.165) is 33.9 Å². The second kappa shape index (κ2) is 9.20. The summed E-state index contributed by atoms with van der Waals surface area (Å²) < 4.78 is 0. The molecule has 0 amide bonds. The van der Waals surface area contributed by atoms with E-state index in [1.807, 2.05) is 86.6 Å². The summed E-state index contributed by atoms with van der Waals surface area (Å²) in [5, 5.41) is 16.8. The Morgan fingerprint density at radius 2 is 1.04 bits per heavy atom. The molecular weight excluding hydrogens is 334 g/mol. The van der Waals surface area contributed by atoms with E-state index in [1.165, 1.54) is 0 Å². The number of rotatable bonds is 6. The van der Waals surface area contributed by atoms with Crippen molar-refractivity contribution in [1.29, 1.82) is 0 Å². The lowest BCUT2D eigenvalue weighted by Crippen LogP contribution is -1.98. The zero-order chi connectivity index (χ0) is 18.9. The van der Waals surface area contributed by atoms with Gasteiger partial charge in [0.15, 0.2) is 0 Å². The van der Waals surface area contributed by atoms with Crippen molar-refractivity contribution >= 4 is 23.9 Å². The Kier molecular flexibility index (Phi) is 6.20. The first kappa shape index (κ1) is 18.2. The van der Waals surface area contributed by atoms with E-state index in [9.17, 15) is 0 Å². The van der Waals surface area contributed by atoms with Crippen molar-refractivity contribution in [2.24, 2.45) is 20.4 Å². The van der Waals surface area contributed by atoms with E-state index in [4.69, 9.17) is 0 Å². The molecule has 134 valence electrons. The van der Waals surface area contributed by atoms with Crippen LogP contribution in [0.1, 0.15) is 36.4 Å². The van der Waals surface area contributed by atoms with E-state index in [1.54, 1.807) is 12.4 Å². The molecule has 1 aromatic heterocycles. The minimum Gasteiger partial charge on any atom is -0.352 e. The molecule has 0 aliphatic heterocycles. The van der Waals surface area contributed by atoms with Crippen LogP contribution in [0.3, 0.4) is 0 Å². The van der Waals surface area contributed by atoms with Crippen molar-refractivity contribution in [1.82, 2.24) is 4.98 Å². The maximum absolute atomic E-state index is 4.25. The Morgan fingerprint density at radius 3 is 1.44 bits per heavy atom. The van der Waals surface area contributed by atoms with Gasteiger partial charge in [-0.05, 0) is 37.1 Å². The van der Waals surface area contributed by atoms with Gasteiger partial charge in [-0.1, -0.05) is 60.7 Å². The summed E-state index contributed by atoms with van der Waals surface area (Å²) in [7, 11) is 0. The molecule has 5 nitrogen and oxygen atoms in total. The minimum absolute atomic E-state index is 0.800. The third-order valence-corrected chi connectivity index (χ3v) is 3.89. The Labute approximate surface area is 158 Å². The van der Waals surface area contributed by atoms with Crippen LogP contribution in [0.2, 0.25) is 0 Å². The predicted molar refractivity (Wildman–Crippen MR) is 113 cm³/mol. The van der Waals surface area contributed by atoms with Crippen LogP contribution < -0.4 is 0 Å². The molecule has 2 aromatic carbocycles. The number of nitrogens with one attached hydrogen (secondary N) is 1. The first-order valence-electron chi connectivity index (χ1n) is 8.67. The Hall–Kier alpha value is -3.60. The Bertz CT molecular complexity index is 900. The molecular formula is C22H21N5. The molecule has 0 saturated carbocycles. The van der Waals surface area contributed by atoms with Crippen molar-refractivity contribution in [3.05, 3.63) is 95.3 Å². The molecule has 0 saturated heterocycles. The van der Waals surface area contributed by atoms with Gasteiger partial charge < -0.3 is 4.98 Å². The molecule has 5 heteroatoms. The quantitative estimate of drug-likeness (QED) is 0.492. The van der Waals surface area contributed by atoms with E-state index in [-0.39, 0.29) is 0 Å². The number of aromatic amines is 1. The number of hydrogen-bond donors (Lipinski definition) is 1. The molecule has 0 aliphatic rings. The fraction of sp³-hybridized carbons (Fsp3) is 0.0909. The van der Waals surface area contributed by atoms with Gasteiger partial charge in [0.1, 0.15) is 0 Å². The molecule has 0 atom stereocenters. The van der Waals surface area contributed by atoms with Crippen molar-refractivity contribution < 1.29 is 0 Å². The van der Waals surface area contributed by atoms with Gasteiger partial charge >= 0.3 is 0 Å². The van der Waals surface area contributed by atoms with Gasteiger partial charge in [0, 0.05) is 0 Å². The average Bonchev–Trinajstić information content (AvgIpc) is 3.20. The highest BCUT2D eigenvalue weighted by Gasteiger charge is 2.04. The van der Waals surface area contributed by atoms with Gasteiger partial charge in [0.05, 0.1) is 35.2 Å². The summed E-state index contributed by atoms with van der Waals surface area (Å²) in [5.41, 5.74) is 5.43. The molecule has 1 N–H and O–H groups in total. The summed E-state index contributed by atoms with van der Waals surface area (Å²) in [5.74, 6) is 0. The van der Waals surface area contributed by atoms with Crippen molar-refractivity contribution in [3.63, 3.8) is 0 Å². The number of aromatic nitrogens is 1. The molecule has 0 unspecified atom stereocenters. The number of H-pyrrole nitrogens is 1. The smallest absolute Gasteiger partial charge is 0.0833 e. The fourth-order valence-corrected chi connectivity index (χ4v) is 2.37. The van der Waals surface area contributed by atoms with Gasteiger partial charge in [0.2, 0.25) is 0 Å². The van der Waals surface area contributed by atoms with Crippen LogP contribution in [0, 0.1) is 0 Å². The maximum atomic E-state index is 4.25. The fourth-order valence-electron chi connectivity index (χ4n) is 2.37. The van der Waals surface area contributed by atoms with Crippen molar-refractivity contribution in [3.8, 4) is 0 Å². The van der Waals surface area contributed by atoms with Gasteiger partial charge in [-0.25, -0.2) is 0 Å². The number of nitrogens with zero attached hydrogens (tertiary/aromatic N) is 4. The zero-order valence-electron chi connectivity index (χ0n) is 15.4. The van der Waals surface area contributed by atoms with E-state index < -0.39 is 0 Å². The van der Waals surface area contributed by atoms with Gasteiger partial charge in [-0.2, -0.15) is 20.4 Å². The van der Waals surface area contributed by atoms with Gasteiger partial charge in [-0.15, -0.1) is 0 Å². The topological polar surface area (TPSA) is 65.2 Å². The third kappa shape index (κ3) is 5.44. The molecule has 3 rings (SSSR count). The Balaban J connectivity index is 1.66. The van der Waals surface area contributed by atoms with Crippen LogP contribution in [-0.4, -0.2) is 28.8 Å². The number of hydrogen-bond acceptors (Lipinski definition) is 4. The normalized spacial score (nSPS) is 13.0. The summed E-state index contributed by atoms with van der Waals surface area (Å²) in [6.45, 7) is 3.83. The molecule has 0 fully saturated rings. The van der Waals surface area contributed by atoms with E-state index in [2.05, 4.69) is 25.4 Å². The maximum Gasteiger partial charge on any atom is 0.0833 e. The molecule has 0 radical (unpaired) electrons. The van der Waals surface area contributed by atoms with Crippen molar-refractivity contribution in [2.45, 2.75) is 13.8 Å². The molecule has 27 heavy (non-hydrogen) atoms. The lowest BCUT2D eigenvalue weighted by molar-refractivity contribution is 1.20. The van der Waals surface area contributed by atoms with Gasteiger partial charge in [0.25, 0.3) is 0 Å². The van der Waals surface area contributed by atoms with Crippen LogP contribution in [0.25, 0.3) is 0 Å². The number of benzene rings is 2. The third-order valence-electron chi connectivity index (χ3n) is 3.89. The molecule has 0 bridgehead atoms. The SMILES string of the molecule is CC(=NN=Cc1ccccc1)c1ccc(C(C)=N/N=C\c2ccccc2)[nH]1. The standard InChI is InChI=1S/C22H21N5/c1-17(26-23-15-19-9-5-3-6-10-19)21-13-14-22(25-21)18(2)27-24-16-20-11-7-4-8-12-20/h3-16,25H,1-2H3/b23-15-,24-16?,26-17?,27-18?. The highest BCUT2D eigenvalue weighted by atomic mass is 15.2. The summed E-state index contributed by atoms with van der Waals surface area (Å²) >= 11 is 0. The average molecular weight is 355 g/mol. The van der Waals surface area contributed by atoms with Crippen molar-refractivity contribution in [2.75, 3.05) is 0 Å². The monoisotopic (exact) mass is 355 g/mol. The van der Waals surface area contributed by atoms with Gasteiger partial charge in [-0.3, -0.25) is 0 Å². The highest BCUT2D eigenvalue weighted by molar-refractivity contribution is 6.02. The molecule has 1 heterocycles. The zero-order valence-corrected chi connectivity index (χ0v) is 15.4. The molecule has 0 spiro atoms. The lowest BCUT2D eigenvalue weighted by atomic mass is 10.2. The van der Waals surface area contributed by atoms with E-state index >= 15 is 0 Å². The van der Waals surface area contributed by atoms with Crippen LogP contribution in [0.5, 0.6) is 0 Å². The van der Waals surface area contributed by atoms with E-state index in [0.29, 0.717) is 0 Å². The minimum atomic E-state index is 0.800. The molecule has 3 aromatic rings. The summed E-state index contributed by atoms with van der Waals surface area (Å²) in [6.07, 6.45) is 3.47. The predicted octanol–water partition coefficient (Wildman–Crippen LogP) is 4.70.